The molecule has 0 spiro atoms. The molecule has 92 valence electrons. The summed E-state index contributed by atoms with van der Waals surface area (Å²) in [5, 5.41) is 0. The maximum absolute atomic E-state index is 12.1. The van der Waals surface area contributed by atoms with Crippen LogP contribution in [-0.2, 0) is 10.8 Å². The lowest BCUT2D eigenvalue weighted by molar-refractivity contribution is 0.474. The van der Waals surface area contributed by atoms with E-state index in [1.54, 1.807) is 6.20 Å². The van der Waals surface area contributed by atoms with Crippen molar-refractivity contribution in [3.8, 4) is 0 Å². The van der Waals surface area contributed by atoms with Crippen molar-refractivity contribution in [1.29, 1.82) is 0 Å². The topological polar surface area (TPSA) is 42.9 Å². The zero-order valence-corrected chi connectivity index (χ0v) is 12.1. The minimum Gasteiger partial charge on any atom is -0.252 e. The molecule has 0 aliphatic heterocycles. The first-order valence-corrected chi connectivity index (χ1v) is 7.60. The fourth-order valence-corrected chi connectivity index (χ4v) is 4.12. The van der Waals surface area contributed by atoms with Crippen LogP contribution in [-0.4, -0.2) is 19.9 Å². The highest BCUT2D eigenvalue weighted by atomic mass is 32.2. The lowest BCUT2D eigenvalue weighted by Gasteiger charge is -2.15. The number of thiazole rings is 1. The number of aromatic nitrogens is 2. The summed E-state index contributed by atoms with van der Waals surface area (Å²) in [6, 6.07) is 2.04. The molecule has 0 radical (unpaired) electrons. The van der Waals surface area contributed by atoms with Gasteiger partial charge in [-0.15, -0.1) is 11.3 Å². The number of rotatable bonds is 2. The van der Waals surface area contributed by atoms with Crippen molar-refractivity contribution in [3.05, 3.63) is 17.8 Å². The molecule has 0 amide bonds. The molecule has 2 rings (SSSR count). The van der Waals surface area contributed by atoms with Crippen LogP contribution in [0.5, 0.6) is 0 Å². The zero-order valence-electron chi connectivity index (χ0n) is 10.5. The average molecular weight is 268 g/mol. The quantitative estimate of drug-likeness (QED) is 0.840. The summed E-state index contributed by atoms with van der Waals surface area (Å²) in [5.74, 6) is 0.631. The van der Waals surface area contributed by atoms with E-state index in [1.807, 2.05) is 13.0 Å². The van der Waals surface area contributed by atoms with Gasteiger partial charge in [0.2, 0.25) is 0 Å². The van der Waals surface area contributed by atoms with Crippen LogP contribution in [0, 0.1) is 12.3 Å². The largest absolute Gasteiger partial charge is 0.252 e. The fraction of sp³-hybridized carbons (Fsp3) is 0.500. The molecule has 2 heterocycles. The van der Waals surface area contributed by atoms with E-state index in [4.69, 9.17) is 0 Å². The summed E-state index contributed by atoms with van der Waals surface area (Å²) in [6.07, 6.45) is 1.79. The van der Waals surface area contributed by atoms with Gasteiger partial charge in [0.1, 0.15) is 0 Å². The highest BCUT2D eigenvalue weighted by Gasteiger charge is 2.19. The third kappa shape index (κ3) is 3.10. The number of nitrogens with zero attached hydrogens (tertiary/aromatic N) is 2. The molecule has 17 heavy (non-hydrogen) atoms. The Morgan fingerprint density at radius 3 is 2.76 bits per heavy atom. The van der Waals surface area contributed by atoms with Crippen LogP contribution in [0.15, 0.2) is 16.6 Å². The third-order valence-corrected chi connectivity index (χ3v) is 5.33. The maximum atomic E-state index is 12.1. The van der Waals surface area contributed by atoms with E-state index in [0.717, 1.165) is 10.3 Å². The highest BCUT2D eigenvalue weighted by molar-refractivity contribution is 7.87. The first-order chi connectivity index (χ1) is 7.85. The smallest absolute Gasteiger partial charge is 0.183 e. The van der Waals surface area contributed by atoms with Crippen molar-refractivity contribution in [2.24, 2.45) is 5.41 Å². The molecule has 0 bridgehead atoms. The normalized spacial score (nSPS) is 14.1. The minimum atomic E-state index is -1.02. The molecule has 0 aliphatic carbocycles. The van der Waals surface area contributed by atoms with Gasteiger partial charge in [-0.25, -0.2) is 9.97 Å². The van der Waals surface area contributed by atoms with Crippen molar-refractivity contribution in [2.45, 2.75) is 32.0 Å². The Bertz CT molecular complexity index is 569. The van der Waals surface area contributed by atoms with E-state index >= 15 is 0 Å². The summed E-state index contributed by atoms with van der Waals surface area (Å²) in [5.41, 5.74) is 1.86. The van der Waals surface area contributed by atoms with Gasteiger partial charge in [0.05, 0.1) is 15.5 Å². The van der Waals surface area contributed by atoms with Crippen molar-refractivity contribution in [1.82, 2.24) is 9.97 Å². The van der Waals surface area contributed by atoms with E-state index in [-0.39, 0.29) is 5.41 Å². The predicted octanol–water partition coefficient (Wildman–Crippen LogP) is 3.15. The Morgan fingerprint density at radius 2 is 2.12 bits per heavy atom. The van der Waals surface area contributed by atoms with Crippen LogP contribution >= 0.6 is 11.3 Å². The van der Waals surface area contributed by atoms with Crippen molar-refractivity contribution < 1.29 is 4.21 Å². The molecule has 0 unspecified atom stereocenters. The second-order valence-electron chi connectivity index (χ2n) is 5.36. The van der Waals surface area contributed by atoms with E-state index in [9.17, 15) is 4.21 Å². The summed E-state index contributed by atoms with van der Waals surface area (Å²) in [4.78, 5) is 8.59. The van der Waals surface area contributed by atoms with Gasteiger partial charge in [0.25, 0.3) is 0 Å². The van der Waals surface area contributed by atoms with Crippen molar-refractivity contribution in [2.75, 3.05) is 5.75 Å². The molecule has 5 heteroatoms. The fourth-order valence-electron chi connectivity index (χ4n) is 1.45. The van der Waals surface area contributed by atoms with E-state index in [2.05, 4.69) is 30.7 Å². The van der Waals surface area contributed by atoms with Gasteiger partial charge in [0, 0.05) is 11.9 Å². The molecule has 0 saturated carbocycles. The summed E-state index contributed by atoms with van der Waals surface area (Å²) >= 11 is 1.49. The zero-order chi connectivity index (χ0) is 12.6. The average Bonchev–Trinajstić information content (AvgIpc) is 2.57. The molecule has 0 N–H and O–H groups in total. The van der Waals surface area contributed by atoms with Crippen molar-refractivity contribution >= 4 is 32.5 Å². The monoisotopic (exact) mass is 268 g/mol. The number of hydrogen-bond acceptors (Lipinski definition) is 4. The second-order valence-corrected chi connectivity index (χ2v) is 8.02. The van der Waals surface area contributed by atoms with Crippen LogP contribution in [0.25, 0.3) is 10.3 Å². The molecule has 3 nitrogen and oxygen atoms in total. The molecule has 2 aromatic rings. The van der Waals surface area contributed by atoms with Gasteiger partial charge in [-0.1, -0.05) is 20.8 Å². The van der Waals surface area contributed by atoms with Gasteiger partial charge in [-0.05, 0) is 24.0 Å². The molecular weight excluding hydrogens is 252 g/mol. The Kier molecular flexibility index (Phi) is 3.32. The molecule has 0 aliphatic rings. The van der Waals surface area contributed by atoms with E-state index in [1.165, 1.54) is 11.3 Å². The maximum Gasteiger partial charge on any atom is 0.183 e. The Balaban J connectivity index is 2.33. The Labute approximate surface area is 108 Å². The molecule has 0 saturated heterocycles. The lowest BCUT2D eigenvalue weighted by atomic mass is 10.0. The van der Waals surface area contributed by atoms with E-state index < -0.39 is 10.8 Å². The number of hydrogen-bond donors (Lipinski definition) is 0. The van der Waals surface area contributed by atoms with Gasteiger partial charge in [0.15, 0.2) is 9.99 Å². The molecule has 0 fully saturated rings. The van der Waals surface area contributed by atoms with Crippen LogP contribution < -0.4 is 0 Å². The Hall–Kier alpha value is -0.810. The lowest BCUT2D eigenvalue weighted by Crippen LogP contribution is -2.16. The van der Waals surface area contributed by atoms with Gasteiger partial charge < -0.3 is 0 Å². The summed E-state index contributed by atoms with van der Waals surface area (Å²) in [7, 11) is -1.02. The molecular formula is C12H16N2OS2. The predicted molar refractivity (Wildman–Crippen MR) is 72.9 cm³/mol. The first-order valence-electron chi connectivity index (χ1n) is 5.47. The standard InChI is InChI=1S/C12H16N2OS2/c1-8-5-9-10(13-6-8)14-11(16-9)17(15)7-12(2,3)4/h5-6H,7H2,1-4H3/t17-/m1/s1. The Morgan fingerprint density at radius 1 is 1.41 bits per heavy atom. The number of pyridine rings is 1. The van der Waals surface area contributed by atoms with Crippen LogP contribution in [0.1, 0.15) is 26.3 Å². The molecule has 1 atom stereocenters. The summed E-state index contributed by atoms with van der Waals surface area (Å²) < 4.78 is 13.9. The van der Waals surface area contributed by atoms with Crippen LogP contribution in [0.2, 0.25) is 0 Å². The number of fused-ring (bicyclic) bond motifs is 1. The highest BCUT2D eigenvalue weighted by Crippen LogP contribution is 2.26. The van der Waals surface area contributed by atoms with Crippen LogP contribution in [0.4, 0.5) is 0 Å². The minimum absolute atomic E-state index is 0.0477. The number of aryl methyl sites for hydroxylation is 1. The van der Waals surface area contributed by atoms with Gasteiger partial charge >= 0.3 is 0 Å². The van der Waals surface area contributed by atoms with Gasteiger partial charge in [-0.2, -0.15) is 0 Å². The SMILES string of the molecule is Cc1cnc2nc([S@](=O)CC(C)(C)C)sc2c1. The molecule has 2 aromatic heterocycles. The molecule has 0 aromatic carbocycles. The van der Waals surface area contributed by atoms with E-state index in [0.29, 0.717) is 15.7 Å². The van der Waals surface area contributed by atoms with Crippen molar-refractivity contribution in [3.63, 3.8) is 0 Å². The first kappa shape index (κ1) is 12.6. The summed E-state index contributed by atoms with van der Waals surface area (Å²) in [6.45, 7) is 8.25. The second kappa shape index (κ2) is 4.46. The van der Waals surface area contributed by atoms with Gasteiger partial charge in [-0.3, -0.25) is 4.21 Å². The van der Waals surface area contributed by atoms with Crippen LogP contribution in [0.3, 0.4) is 0 Å². The third-order valence-electron chi connectivity index (χ3n) is 2.12.